The minimum atomic E-state index is -1.12. The Balaban J connectivity index is 1.75. The van der Waals surface area contributed by atoms with Crippen LogP contribution >= 0.6 is 0 Å². The molecule has 0 fully saturated rings. The summed E-state index contributed by atoms with van der Waals surface area (Å²) >= 11 is 0. The molecule has 6 amide bonds. The quantitative estimate of drug-likeness (QED) is 0.0288. The maximum atomic E-state index is 13.8. The Hall–Kier alpha value is -6.01. The van der Waals surface area contributed by atoms with Crippen molar-refractivity contribution in [3.05, 3.63) is 71.9 Å². The number of rotatable bonds is 24. The number of amides is 6. The number of H-pyrrole nitrogens is 1. The third-order valence-corrected chi connectivity index (χ3v) is 9.24. The van der Waals surface area contributed by atoms with Crippen LogP contribution in [-0.2, 0) is 41.6 Å². The molecule has 0 saturated carbocycles. The molecule has 16 N–H and O–H groups in total. The van der Waals surface area contributed by atoms with Crippen LogP contribution in [0.25, 0.3) is 10.9 Å². The average Bonchev–Trinajstić information content (AvgIpc) is 3.59. The second-order valence-electron chi connectivity index (χ2n) is 14.2. The first-order valence-electron chi connectivity index (χ1n) is 19.1. The molecule has 3 rings (SSSR count). The van der Waals surface area contributed by atoms with Gasteiger partial charge in [-0.3, -0.25) is 33.8 Å². The summed E-state index contributed by atoms with van der Waals surface area (Å²) in [4.78, 5) is 86.5. The van der Waals surface area contributed by atoms with Crippen molar-refractivity contribution < 1.29 is 28.8 Å². The highest BCUT2D eigenvalue weighted by Gasteiger charge is 2.31. The number of hydrogen-bond acceptors (Lipinski definition) is 9. The van der Waals surface area contributed by atoms with Gasteiger partial charge in [0.15, 0.2) is 5.96 Å². The molecule has 310 valence electrons. The number of aromatic nitrogens is 1. The van der Waals surface area contributed by atoms with Crippen molar-refractivity contribution in [2.45, 2.75) is 89.0 Å². The zero-order valence-corrected chi connectivity index (χ0v) is 32.6. The number of guanidine groups is 1. The molecule has 3 aromatic rings. The molecule has 0 aliphatic rings. The van der Waals surface area contributed by atoms with Gasteiger partial charge >= 0.3 is 0 Å². The van der Waals surface area contributed by atoms with Crippen LogP contribution in [0, 0.1) is 5.92 Å². The number of hydrogen-bond donors (Lipinski definition) is 11. The highest BCUT2D eigenvalue weighted by atomic mass is 16.2. The van der Waals surface area contributed by atoms with E-state index in [0.29, 0.717) is 25.8 Å². The van der Waals surface area contributed by atoms with Crippen LogP contribution in [0.3, 0.4) is 0 Å². The van der Waals surface area contributed by atoms with Crippen molar-refractivity contribution in [1.82, 2.24) is 31.6 Å². The molecular formula is C39H58N12O6. The summed E-state index contributed by atoms with van der Waals surface area (Å²) < 4.78 is 0. The van der Waals surface area contributed by atoms with Crippen molar-refractivity contribution in [3.8, 4) is 0 Å². The number of primary amides is 1. The molecule has 0 spiro atoms. The zero-order valence-electron chi connectivity index (χ0n) is 32.6. The first-order chi connectivity index (χ1) is 27.2. The van der Waals surface area contributed by atoms with Crippen LogP contribution < -0.4 is 55.3 Å². The van der Waals surface area contributed by atoms with E-state index in [1.807, 2.05) is 30.3 Å². The lowest BCUT2D eigenvalue weighted by Gasteiger charge is -2.26. The SMILES string of the molecule is CC(C)[C@H](NC(=O)[C@H](Cc1ccccc1)NC(=O)[C@H](CCCCN)NC(=O)CNC(=O)[C@H](Cc1c[nH]c2ccccc12)NC(=O)[C@@H](N)CCCN=C(N)N)C(N)=O. The van der Waals surface area contributed by atoms with Gasteiger partial charge in [-0.1, -0.05) is 62.4 Å². The monoisotopic (exact) mass is 790 g/mol. The number of benzene rings is 2. The fraction of sp³-hybridized carbons (Fsp3) is 0.462. The summed E-state index contributed by atoms with van der Waals surface area (Å²) in [7, 11) is 0. The fourth-order valence-corrected chi connectivity index (χ4v) is 6.11. The van der Waals surface area contributed by atoms with Gasteiger partial charge in [0.1, 0.15) is 24.2 Å². The second kappa shape index (κ2) is 23.2. The lowest BCUT2D eigenvalue weighted by atomic mass is 10.0. The maximum absolute atomic E-state index is 13.8. The normalized spacial score (nSPS) is 13.7. The number of aliphatic imine (C=N–C) groups is 1. The van der Waals surface area contributed by atoms with Crippen LogP contribution in [0.2, 0.25) is 0 Å². The van der Waals surface area contributed by atoms with Crippen LogP contribution in [0.5, 0.6) is 0 Å². The maximum Gasteiger partial charge on any atom is 0.243 e. The van der Waals surface area contributed by atoms with E-state index in [1.165, 1.54) is 0 Å². The minimum Gasteiger partial charge on any atom is -0.370 e. The predicted molar refractivity (Wildman–Crippen MR) is 218 cm³/mol. The molecule has 5 atom stereocenters. The Morgan fingerprint density at radius 2 is 1.37 bits per heavy atom. The van der Waals surface area contributed by atoms with Gasteiger partial charge < -0.3 is 60.2 Å². The molecule has 0 saturated heterocycles. The van der Waals surface area contributed by atoms with E-state index in [9.17, 15) is 28.8 Å². The van der Waals surface area contributed by atoms with E-state index in [0.717, 1.165) is 22.0 Å². The molecule has 18 nitrogen and oxygen atoms in total. The van der Waals surface area contributed by atoms with Crippen LogP contribution in [0.15, 0.2) is 65.8 Å². The van der Waals surface area contributed by atoms with Gasteiger partial charge in [-0.05, 0) is 61.8 Å². The highest BCUT2D eigenvalue weighted by Crippen LogP contribution is 2.19. The van der Waals surface area contributed by atoms with E-state index in [-0.39, 0.29) is 44.1 Å². The van der Waals surface area contributed by atoms with Crippen molar-refractivity contribution in [3.63, 3.8) is 0 Å². The molecular weight excluding hydrogens is 733 g/mol. The number of nitrogens with one attached hydrogen (secondary N) is 6. The van der Waals surface area contributed by atoms with E-state index in [1.54, 1.807) is 44.3 Å². The summed E-state index contributed by atoms with van der Waals surface area (Å²) in [6, 6.07) is 11.2. The predicted octanol–water partition coefficient (Wildman–Crippen LogP) is -1.34. The van der Waals surface area contributed by atoms with E-state index < -0.39 is 72.2 Å². The molecule has 1 aromatic heterocycles. The number of aromatic amines is 1. The topological polar surface area (TPSA) is 321 Å². The van der Waals surface area contributed by atoms with Gasteiger partial charge in [0, 0.05) is 36.5 Å². The zero-order chi connectivity index (χ0) is 41.9. The van der Waals surface area contributed by atoms with Crippen molar-refractivity contribution in [2.75, 3.05) is 19.6 Å². The number of unbranched alkanes of at least 4 members (excludes halogenated alkanes) is 1. The van der Waals surface area contributed by atoms with Crippen molar-refractivity contribution in [1.29, 1.82) is 0 Å². The molecule has 0 bridgehead atoms. The number of para-hydroxylation sites is 1. The second-order valence-corrected chi connectivity index (χ2v) is 14.2. The first-order valence-corrected chi connectivity index (χ1v) is 19.1. The Kier molecular flexibility index (Phi) is 18.4. The molecule has 1 heterocycles. The van der Waals surface area contributed by atoms with Gasteiger partial charge in [-0.15, -0.1) is 0 Å². The first kappa shape index (κ1) is 45.4. The van der Waals surface area contributed by atoms with Crippen LogP contribution in [-0.4, -0.2) is 96.2 Å². The summed E-state index contributed by atoms with van der Waals surface area (Å²) in [5, 5.41) is 14.2. The molecule has 18 heteroatoms. The van der Waals surface area contributed by atoms with Gasteiger partial charge in [0.05, 0.1) is 12.6 Å². The Labute approximate surface area is 332 Å². The molecule has 2 aromatic carbocycles. The average molecular weight is 791 g/mol. The standard InChI is InChI=1S/C39H58N12O6/c1-23(2)33(34(42)53)51-38(57)30(19-24-11-4-3-5-12-24)50-37(56)29(16-8-9-17-40)48-32(52)22-47-36(55)31(20-25-21-46-28-15-7-6-13-26(25)28)49-35(54)27(41)14-10-18-45-39(43)44/h3-7,11-13,15,21,23,27,29-31,33,46H,8-10,14,16-20,22,40-41H2,1-2H3,(H2,42,53)(H,47,55)(H,48,52)(H,49,54)(H,50,56)(H,51,57)(H4,43,44,45)/t27-,29-,30-,31-,33-/m0/s1. The number of fused-ring (bicyclic) bond motifs is 1. The third kappa shape index (κ3) is 15.2. The Morgan fingerprint density at radius 3 is 2.04 bits per heavy atom. The van der Waals surface area contributed by atoms with Gasteiger partial charge in [0.25, 0.3) is 0 Å². The summed E-state index contributed by atoms with van der Waals surface area (Å²) in [6.45, 7) is 3.55. The number of carbonyl (C=O) groups is 6. The van der Waals surface area contributed by atoms with Crippen LogP contribution in [0.1, 0.15) is 57.1 Å². The molecule has 0 aliphatic carbocycles. The highest BCUT2D eigenvalue weighted by molar-refractivity contribution is 5.96. The third-order valence-electron chi connectivity index (χ3n) is 9.24. The molecule has 0 radical (unpaired) electrons. The molecule has 57 heavy (non-hydrogen) atoms. The molecule has 0 aliphatic heterocycles. The number of carbonyl (C=O) groups excluding carboxylic acids is 6. The van der Waals surface area contributed by atoms with E-state index in [4.69, 9.17) is 28.7 Å². The summed E-state index contributed by atoms with van der Waals surface area (Å²) in [5.41, 5.74) is 30.4. The lowest BCUT2D eigenvalue weighted by Crippen LogP contribution is -2.58. The van der Waals surface area contributed by atoms with E-state index in [2.05, 4.69) is 36.6 Å². The van der Waals surface area contributed by atoms with Gasteiger partial charge in [-0.25, -0.2) is 0 Å². The van der Waals surface area contributed by atoms with Crippen LogP contribution in [0.4, 0.5) is 0 Å². The number of nitrogens with two attached hydrogens (primary N) is 5. The fourth-order valence-electron chi connectivity index (χ4n) is 6.11. The lowest BCUT2D eigenvalue weighted by molar-refractivity contribution is -0.134. The smallest absolute Gasteiger partial charge is 0.243 e. The summed E-state index contributed by atoms with van der Waals surface area (Å²) in [5.74, 6) is -4.31. The van der Waals surface area contributed by atoms with Gasteiger partial charge in [0.2, 0.25) is 35.4 Å². The van der Waals surface area contributed by atoms with E-state index >= 15 is 0 Å². The minimum absolute atomic E-state index is 0.0757. The van der Waals surface area contributed by atoms with Gasteiger partial charge in [-0.2, -0.15) is 0 Å². The summed E-state index contributed by atoms with van der Waals surface area (Å²) in [6.07, 6.45) is 3.79. The van der Waals surface area contributed by atoms with Crippen molar-refractivity contribution >= 4 is 52.3 Å². The number of nitrogens with zero attached hydrogens (tertiary/aromatic N) is 1. The Bertz CT molecular complexity index is 1830. The largest absolute Gasteiger partial charge is 0.370 e. The van der Waals surface area contributed by atoms with Crippen molar-refractivity contribution in [2.24, 2.45) is 39.6 Å². The molecule has 0 unspecified atom stereocenters. The Morgan fingerprint density at radius 1 is 0.719 bits per heavy atom.